The summed E-state index contributed by atoms with van der Waals surface area (Å²) >= 11 is 3.42. The van der Waals surface area contributed by atoms with Crippen LogP contribution in [0.15, 0.2) is 16.7 Å². The molecular formula is C11H15BrN2O. The molecule has 1 aliphatic heterocycles. The number of pyridine rings is 1. The van der Waals surface area contributed by atoms with Gasteiger partial charge in [0, 0.05) is 30.9 Å². The summed E-state index contributed by atoms with van der Waals surface area (Å²) in [5.41, 5.74) is 1.20. The normalized spacial score (nSPS) is 18.8. The van der Waals surface area contributed by atoms with Crippen LogP contribution in [-0.2, 0) is 4.74 Å². The van der Waals surface area contributed by atoms with Crippen LogP contribution in [0.25, 0.3) is 0 Å². The number of aromatic nitrogens is 1. The molecule has 4 heteroatoms. The van der Waals surface area contributed by atoms with Crippen molar-refractivity contribution < 1.29 is 4.74 Å². The first kappa shape index (κ1) is 10.9. The first-order valence-corrected chi connectivity index (χ1v) is 5.76. The number of methoxy groups -OCH3 is 1. The molecule has 1 saturated heterocycles. The molecule has 0 aliphatic carbocycles. The summed E-state index contributed by atoms with van der Waals surface area (Å²) in [4.78, 5) is 6.66. The number of hydrogen-bond donors (Lipinski definition) is 0. The van der Waals surface area contributed by atoms with E-state index in [1.165, 1.54) is 5.56 Å². The van der Waals surface area contributed by atoms with E-state index in [-0.39, 0.29) is 5.60 Å². The minimum Gasteiger partial charge on any atom is -0.375 e. The number of hydrogen-bond acceptors (Lipinski definition) is 3. The van der Waals surface area contributed by atoms with E-state index in [0.717, 1.165) is 23.4 Å². The second-order valence-electron chi connectivity index (χ2n) is 4.30. The predicted octanol–water partition coefficient (Wildman–Crippen LogP) is 2.38. The first-order valence-electron chi connectivity index (χ1n) is 4.96. The predicted molar refractivity (Wildman–Crippen MR) is 64.3 cm³/mol. The van der Waals surface area contributed by atoms with E-state index in [0.29, 0.717) is 0 Å². The van der Waals surface area contributed by atoms with Crippen LogP contribution >= 0.6 is 15.9 Å². The van der Waals surface area contributed by atoms with Crippen LogP contribution in [0.2, 0.25) is 0 Å². The zero-order valence-electron chi connectivity index (χ0n) is 9.25. The van der Waals surface area contributed by atoms with Crippen molar-refractivity contribution in [1.82, 2.24) is 4.98 Å². The first-order chi connectivity index (χ1) is 7.04. The maximum atomic E-state index is 5.41. The third-order valence-corrected chi connectivity index (χ3v) is 3.29. The average molecular weight is 271 g/mol. The monoisotopic (exact) mass is 270 g/mol. The molecule has 1 aromatic rings. The Morgan fingerprint density at radius 2 is 2.20 bits per heavy atom. The second-order valence-corrected chi connectivity index (χ2v) is 5.22. The van der Waals surface area contributed by atoms with Crippen LogP contribution < -0.4 is 4.90 Å². The van der Waals surface area contributed by atoms with Gasteiger partial charge in [0.1, 0.15) is 5.82 Å². The molecule has 0 radical (unpaired) electrons. The minimum absolute atomic E-state index is 0.00118. The number of ether oxygens (including phenoxy) is 1. The highest BCUT2D eigenvalue weighted by Crippen LogP contribution is 2.31. The van der Waals surface area contributed by atoms with Crippen molar-refractivity contribution in [3.63, 3.8) is 0 Å². The zero-order valence-corrected chi connectivity index (χ0v) is 10.8. The van der Waals surface area contributed by atoms with Crippen LogP contribution in [0.5, 0.6) is 0 Å². The van der Waals surface area contributed by atoms with Gasteiger partial charge in [-0.15, -0.1) is 0 Å². The number of rotatable bonds is 2. The molecule has 15 heavy (non-hydrogen) atoms. The quantitative estimate of drug-likeness (QED) is 0.825. The Morgan fingerprint density at radius 1 is 1.53 bits per heavy atom. The summed E-state index contributed by atoms with van der Waals surface area (Å²) in [7, 11) is 1.76. The Hall–Kier alpha value is -0.610. The van der Waals surface area contributed by atoms with Gasteiger partial charge in [-0.05, 0) is 41.4 Å². The number of nitrogens with zero attached hydrogens (tertiary/aromatic N) is 2. The van der Waals surface area contributed by atoms with Gasteiger partial charge in [-0.2, -0.15) is 0 Å². The van der Waals surface area contributed by atoms with Crippen molar-refractivity contribution >= 4 is 21.7 Å². The minimum atomic E-state index is 0.00118. The van der Waals surface area contributed by atoms with Crippen LogP contribution in [0.3, 0.4) is 0 Å². The standard InChI is InChI=1S/C11H15BrN2O/c1-8-4-9(12)5-13-10(8)14-6-11(2,7-14)15-3/h4-5H,6-7H2,1-3H3. The fourth-order valence-corrected chi connectivity index (χ4v) is 2.35. The highest BCUT2D eigenvalue weighted by Gasteiger charge is 2.39. The average Bonchev–Trinajstić information content (AvgIpc) is 2.14. The van der Waals surface area contributed by atoms with Crippen LogP contribution in [0.1, 0.15) is 12.5 Å². The van der Waals surface area contributed by atoms with E-state index in [9.17, 15) is 0 Å². The fraction of sp³-hybridized carbons (Fsp3) is 0.545. The van der Waals surface area contributed by atoms with Crippen molar-refractivity contribution in [2.45, 2.75) is 19.4 Å². The lowest BCUT2D eigenvalue weighted by molar-refractivity contribution is -0.0172. The summed E-state index contributed by atoms with van der Waals surface area (Å²) in [6.07, 6.45) is 1.84. The van der Waals surface area contributed by atoms with E-state index in [1.807, 2.05) is 6.20 Å². The molecule has 0 bridgehead atoms. The highest BCUT2D eigenvalue weighted by molar-refractivity contribution is 9.10. The molecule has 0 saturated carbocycles. The molecule has 2 heterocycles. The number of halogens is 1. The van der Waals surface area contributed by atoms with Gasteiger partial charge in [0.05, 0.1) is 5.60 Å². The third kappa shape index (κ3) is 2.01. The number of aryl methyl sites for hydroxylation is 1. The van der Waals surface area contributed by atoms with Crippen molar-refractivity contribution in [2.24, 2.45) is 0 Å². The summed E-state index contributed by atoms with van der Waals surface area (Å²) < 4.78 is 6.44. The Kier molecular flexibility index (Phi) is 2.73. The molecule has 1 aromatic heterocycles. The van der Waals surface area contributed by atoms with Gasteiger partial charge in [0.15, 0.2) is 0 Å². The highest BCUT2D eigenvalue weighted by atomic mass is 79.9. The summed E-state index contributed by atoms with van der Waals surface area (Å²) in [5, 5.41) is 0. The van der Waals surface area contributed by atoms with E-state index in [4.69, 9.17) is 4.74 Å². The summed E-state index contributed by atoms with van der Waals surface area (Å²) in [6, 6.07) is 2.09. The molecule has 0 aromatic carbocycles. The number of anilines is 1. The van der Waals surface area contributed by atoms with Gasteiger partial charge < -0.3 is 9.64 Å². The molecule has 0 amide bonds. The van der Waals surface area contributed by atoms with E-state index >= 15 is 0 Å². The molecule has 0 N–H and O–H groups in total. The van der Waals surface area contributed by atoms with Crippen molar-refractivity contribution in [2.75, 3.05) is 25.1 Å². The Balaban J connectivity index is 2.13. The largest absolute Gasteiger partial charge is 0.375 e. The lowest BCUT2D eigenvalue weighted by atomic mass is 9.96. The van der Waals surface area contributed by atoms with Gasteiger partial charge in [-0.3, -0.25) is 0 Å². The van der Waals surface area contributed by atoms with E-state index < -0.39 is 0 Å². The van der Waals surface area contributed by atoms with Crippen LogP contribution in [0, 0.1) is 6.92 Å². The van der Waals surface area contributed by atoms with Gasteiger partial charge in [0.25, 0.3) is 0 Å². The maximum absolute atomic E-state index is 5.41. The lowest BCUT2D eigenvalue weighted by Gasteiger charge is -2.47. The molecule has 1 aliphatic rings. The fourth-order valence-electron chi connectivity index (χ4n) is 1.90. The zero-order chi connectivity index (χ0) is 11.1. The van der Waals surface area contributed by atoms with Crippen molar-refractivity contribution in [1.29, 1.82) is 0 Å². The lowest BCUT2D eigenvalue weighted by Crippen LogP contribution is -2.61. The van der Waals surface area contributed by atoms with Gasteiger partial charge in [-0.25, -0.2) is 4.98 Å². The smallest absolute Gasteiger partial charge is 0.131 e. The molecule has 3 nitrogen and oxygen atoms in total. The van der Waals surface area contributed by atoms with Gasteiger partial charge >= 0.3 is 0 Å². The van der Waals surface area contributed by atoms with Crippen LogP contribution in [0.4, 0.5) is 5.82 Å². The molecule has 82 valence electrons. The molecule has 2 rings (SSSR count). The second kappa shape index (κ2) is 3.76. The topological polar surface area (TPSA) is 25.4 Å². The SMILES string of the molecule is COC1(C)CN(c2ncc(Br)cc2C)C1. The molecule has 0 unspecified atom stereocenters. The molecular weight excluding hydrogens is 256 g/mol. The third-order valence-electron chi connectivity index (χ3n) is 2.86. The van der Waals surface area contributed by atoms with Crippen LogP contribution in [-0.4, -0.2) is 30.8 Å². The Bertz CT molecular complexity index is 375. The Labute approximate surface area is 98.6 Å². The van der Waals surface area contributed by atoms with Crippen molar-refractivity contribution in [3.8, 4) is 0 Å². The maximum Gasteiger partial charge on any atom is 0.131 e. The summed E-state index contributed by atoms with van der Waals surface area (Å²) in [6.45, 7) is 6.03. The molecule has 0 atom stereocenters. The van der Waals surface area contributed by atoms with E-state index in [2.05, 4.69) is 45.7 Å². The Morgan fingerprint density at radius 3 is 2.73 bits per heavy atom. The van der Waals surface area contributed by atoms with Gasteiger partial charge in [-0.1, -0.05) is 0 Å². The van der Waals surface area contributed by atoms with Crippen molar-refractivity contribution in [3.05, 3.63) is 22.3 Å². The summed E-state index contributed by atoms with van der Waals surface area (Å²) in [5.74, 6) is 1.06. The molecule has 0 spiro atoms. The van der Waals surface area contributed by atoms with E-state index in [1.54, 1.807) is 7.11 Å². The van der Waals surface area contributed by atoms with Gasteiger partial charge in [0.2, 0.25) is 0 Å². The molecule has 1 fully saturated rings.